The Balaban J connectivity index is 1.53. The van der Waals surface area contributed by atoms with Gasteiger partial charge in [0.2, 0.25) is 0 Å². The van der Waals surface area contributed by atoms with E-state index >= 15 is 0 Å². The predicted octanol–water partition coefficient (Wildman–Crippen LogP) is 2.69. The van der Waals surface area contributed by atoms with Crippen LogP contribution in [0.1, 0.15) is 42.7 Å². The molecule has 0 aromatic carbocycles. The van der Waals surface area contributed by atoms with Crippen molar-refractivity contribution in [1.29, 1.82) is 0 Å². The molecule has 0 radical (unpaired) electrons. The molecule has 114 valence electrons. The number of hydrogen-bond acceptors (Lipinski definition) is 4. The Kier molecular flexibility index (Phi) is 6.06. The van der Waals surface area contributed by atoms with Crippen molar-refractivity contribution in [3.05, 3.63) is 36.3 Å². The molecule has 1 amide bonds. The van der Waals surface area contributed by atoms with Gasteiger partial charge in [0.25, 0.3) is 5.91 Å². The van der Waals surface area contributed by atoms with E-state index in [1.807, 2.05) is 0 Å². The van der Waals surface area contributed by atoms with Crippen LogP contribution in [0.4, 0.5) is 0 Å². The highest BCUT2D eigenvalue weighted by Gasteiger charge is 2.13. The van der Waals surface area contributed by atoms with E-state index in [1.54, 1.807) is 12.1 Å². The van der Waals surface area contributed by atoms with Gasteiger partial charge in [0.15, 0.2) is 5.76 Å². The summed E-state index contributed by atoms with van der Waals surface area (Å²) in [5, 5.41) is 2.70. The van der Waals surface area contributed by atoms with Crippen molar-refractivity contribution in [1.82, 2.24) is 5.32 Å². The highest BCUT2D eigenvalue weighted by molar-refractivity contribution is 5.91. The molecule has 0 spiro atoms. The number of rotatable bonds is 7. The lowest BCUT2D eigenvalue weighted by Crippen LogP contribution is -2.24. The van der Waals surface area contributed by atoms with Crippen molar-refractivity contribution in [2.24, 2.45) is 5.92 Å². The molecule has 1 atom stereocenters. The number of amides is 1. The maximum Gasteiger partial charge on any atom is 0.305 e. The summed E-state index contributed by atoms with van der Waals surface area (Å²) in [5.41, 5.74) is 0. The first-order valence-electron chi connectivity index (χ1n) is 7.38. The Morgan fingerprint density at radius 3 is 3.00 bits per heavy atom. The molecule has 1 heterocycles. The second kappa shape index (κ2) is 8.29. The molecular formula is C16H21NO4. The van der Waals surface area contributed by atoms with Crippen molar-refractivity contribution < 1.29 is 18.7 Å². The van der Waals surface area contributed by atoms with Crippen molar-refractivity contribution in [3.63, 3.8) is 0 Å². The summed E-state index contributed by atoms with van der Waals surface area (Å²) in [4.78, 5) is 23.1. The second-order valence-electron chi connectivity index (χ2n) is 5.17. The largest absolute Gasteiger partial charge is 0.465 e. The molecule has 0 saturated heterocycles. The molecule has 0 bridgehead atoms. The minimum Gasteiger partial charge on any atom is -0.465 e. The van der Waals surface area contributed by atoms with E-state index in [0.29, 0.717) is 31.9 Å². The maximum absolute atomic E-state index is 11.6. The van der Waals surface area contributed by atoms with Gasteiger partial charge in [-0.05, 0) is 43.7 Å². The summed E-state index contributed by atoms with van der Waals surface area (Å²) in [6.45, 7) is 0.933. The Bertz CT molecular complexity index is 478. The maximum atomic E-state index is 11.6. The van der Waals surface area contributed by atoms with E-state index in [1.165, 1.54) is 6.26 Å². The third-order valence-corrected chi connectivity index (χ3v) is 3.45. The van der Waals surface area contributed by atoms with Crippen LogP contribution in [0.25, 0.3) is 0 Å². The summed E-state index contributed by atoms with van der Waals surface area (Å²) in [7, 11) is 0. The molecule has 1 aromatic rings. The first-order valence-corrected chi connectivity index (χ1v) is 7.38. The van der Waals surface area contributed by atoms with E-state index in [2.05, 4.69) is 17.5 Å². The van der Waals surface area contributed by atoms with E-state index in [9.17, 15) is 9.59 Å². The normalized spacial score (nSPS) is 17.4. The number of carbonyl (C=O) groups is 2. The third kappa shape index (κ3) is 5.45. The number of allylic oxidation sites excluding steroid dienone is 2. The first-order chi connectivity index (χ1) is 10.3. The third-order valence-electron chi connectivity index (χ3n) is 3.45. The summed E-state index contributed by atoms with van der Waals surface area (Å²) >= 11 is 0. The number of ether oxygens (including phenoxy) is 1. The van der Waals surface area contributed by atoms with Gasteiger partial charge in [0.05, 0.1) is 12.9 Å². The van der Waals surface area contributed by atoms with Crippen LogP contribution in [-0.2, 0) is 9.53 Å². The summed E-state index contributed by atoms with van der Waals surface area (Å²) in [5.74, 6) is 0.277. The molecular weight excluding hydrogens is 270 g/mol. The Morgan fingerprint density at radius 2 is 2.29 bits per heavy atom. The molecule has 0 unspecified atom stereocenters. The lowest BCUT2D eigenvalue weighted by molar-refractivity contribution is -0.145. The molecule has 1 aromatic heterocycles. The van der Waals surface area contributed by atoms with Gasteiger partial charge < -0.3 is 14.5 Å². The van der Waals surface area contributed by atoms with E-state index in [4.69, 9.17) is 9.15 Å². The molecule has 2 rings (SSSR count). The first kappa shape index (κ1) is 15.4. The standard InChI is InChI=1S/C16H21NO4/c18-15(21-12-13-6-2-1-3-7-13)9-4-10-17-16(19)14-8-5-11-20-14/h1-2,5,8,11,13H,3-4,6-7,9-10,12H2,(H,17,19)/t13-/m1/s1. The van der Waals surface area contributed by atoms with E-state index < -0.39 is 0 Å². The van der Waals surface area contributed by atoms with Crippen molar-refractivity contribution in [2.45, 2.75) is 32.1 Å². The van der Waals surface area contributed by atoms with Crippen LogP contribution in [-0.4, -0.2) is 25.0 Å². The molecule has 5 heteroatoms. The molecule has 1 N–H and O–H groups in total. The molecule has 5 nitrogen and oxygen atoms in total. The number of nitrogens with one attached hydrogen (secondary N) is 1. The fraction of sp³-hybridized carbons (Fsp3) is 0.500. The number of esters is 1. The zero-order valence-corrected chi connectivity index (χ0v) is 12.0. The summed E-state index contributed by atoms with van der Waals surface area (Å²) in [6, 6.07) is 3.26. The van der Waals surface area contributed by atoms with Gasteiger partial charge in [-0.15, -0.1) is 0 Å². The van der Waals surface area contributed by atoms with Gasteiger partial charge >= 0.3 is 5.97 Å². The minimum atomic E-state index is -0.262. The fourth-order valence-electron chi connectivity index (χ4n) is 2.22. The fourth-order valence-corrected chi connectivity index (χ4v) is 2.22. The Hall–Kier alpha value is -2.04. The van der Waals surface area contributed by atoms with Crippen LogP contribution in [0.15, 0.2) is 35.0 Å². The van der Waals surface area contributed by atoms with Gasteiger partial charge in [0.1, 0.15) is 0 Å². The van der Waals surface area contributed by atoms with Gasteiger partial charge in [-0.3, -0.25) is 9.59 Å². The minimum absolute atomic E-state index is 0.197. The molecule has 0 aliphatic heterocycles. The SMILES string of the molecule is O=C(CCCNC(=O)c1ccco1)OC[C@@H]1CC=CCC1. The molecule has 0 saturated carbocycles. The Morgan fingerprint density at radius 1 is 1.38 bits per heavy atom. The van der Waals surface area contributed by atoms with Gasteiger partial charge in [-0.2, -0.15) is 0 Å². The van der Waals surface area contributed by atoms with Crippen LogP contribution in [0, 0.1) is 5.92 Å². The topological polar surface area (TPSA) is 68.5 Å². The summed E-state index contributed by atoms with van der Waals surface area (Å²) in [6.07, 6.45) is 9.80. The monoisotopic (exact) mass is 291 g/mol. The van der Waals surface area contributed by atoms with Gasteiger partial charge in [-0.1, -0.05) is 12.2 Å². The average molecular weight is 291 g/mol. The van der Waals surface area contributed by atoms with Crippen molar-refractivity contribution >= 4 is 11.9 Å². The summed E-state index contributed by atoms with van der Waals surface area (Å²) < 4.78 is 10.2. The second-order valence-corrected chi connectivity index (χ2v) is 5.17. The zero-order chi connectivity index (χ0) is 14.9. The van der Waals surface area contributed by atoms with Crippen molar-refractivity contribution in [3.8, 4) is 0 Å². The van der Waals surface area contributed by atoms with Gasteiger partial charge in [0, 0.05) is 13.0 Å². The van der Waals surface area contributed by atoms with Crippen LogP contribution >= 0.6 is 0 Å². The Labute approximate surface area is 124 Å². The number of furan rings is 1. The van der Waals surface area contributed by atoms with Crippen LogP contribution in [0.5, 0.6) is 0 Å². The van der Waals surface area contributed by atoms with Gasteiger partial charge in [-0.25, -0.2) is 0 Å². The quantitative estimate of drug-likeness (QED) is 0.476. The predicted molar refractivity (Wildman–Crippen MR) is 77.7 cm³/mol. The number of carbonyl (C=O) groups excluding carboxylic acids is 2. The molecule has 1 aliphatic carbocycles. The highest BCUT2D eigenvalue weighted by atomic mass is 16.5. The molecule has 1 aliphatic rings. The lowest BCUT2D eigenvalue weighted by Gasteiger charge is -2.17. The van der Waals surface area contributed by atoms with Crippen LogP contribution in [0.2, 0.25) is 0 Å². The lowest BCUT2D eigenvalue weighted by atomic mass is 9.95. The number of hydrogen-bond donors (Lipinski definition) is 1. The average Bonchev–Trinajstić information content (AvgIpc) is 3.05. The van der Waals surface area contributed by atoms with Crippen LogP contribution < -0.4 is 5.32 Å². The molecule has 21 heavy (non-hydrogen) atoms. The van der Waals surface area contributed by atoms with E-state index in [-0.39, 0.29) is 17.6 Å². The van der Waals surface area contributed by atoms with Crippen molar-refractivity contribution in [2.75, 3.05) is 13.2 Å². The van der Waals surface area contributed by atoms with Crippen LogP contribution in [0.3, 0.4) is 0 Å². The van der Waals surface area contributed by atoms with E-state index in [0.717, 1.165) is 19.3 Å². The smallest absolute Gasteiger partial charge is 0.305 e. The molecule has 0 fully saturated rings. The highest BCUT2D eigenvalue weighted by Crippen LogP contribution is 2.18. The zero-order valence-electron chi connectivity index (χ0n) is 12.0.